The predicted octanol–water partition coefficient (Wildman–Crippen LogP) is 4.64. The van der Waals surface area contributed by atoms with Crippen LogP contribution in [0.2, 0.25) is 0 Å². The Morgan fingerprint density at radius 1 is 1.31 bits per heavy atom. The summed E-state index contributed by atoms with van der Waals surface area (Å²) in [5.74, 6) is -1.62. The second-order valence-electron chi connectivity index (χ2n) is 5.80. The highest BCUT2D eigenvalue weighted by Crippen LogP contribution is 2.35. The van der Waals surface area contributed by atoms with Crippen LogP contribution in [0.25, 0.3) is 0 Å². The number of alkyl halides is 3. The maximum absolute atomic E-state index is 13.6. The summed E-state index contributed by atoms with van der Waals surface area (Å²) in [6, 6.07) is 3.54. The van der Waals surface area contributed by atoms with Gasteiger partial charge in [0.1, 0.15) is 11.6 Å². The molecule has 1 amide bonds. The van der Waals surface area contributed by atoms with E-state index in [0.29, 0.717) is 22.2 Å². The molecule has 3 rings (SSSR count). The van der Waals surface area contributed by atoms with Crippen LogP contribution in [0.5, 0.6) is 5.75 Å². The van der Waals surface area contributed by atoms with Crippen LogP contribution in [0.15, 0.2) is 34.9 Å². The van der Waals surface area contributed by atoms with E-state index in [1.807, 2.05) is 0 Å². The Balaban J connectivity index is 1.96. The Morgan fingerprint density at radius 3 is 2.73 bits per heavy atom. The largest absolute Gasteiger partial charge is 0.573 e. The maximum Gasteiger partial charge on any atom is 0.573 e. The summed E-state index contributed by atoms with van der Waals surface area (Å²) in [6.45, 7) is 1.79. The highest BCUT2D eigenvalue weighted by Gasteiger charge is 2.35. The van der Waals surface area contributed by atoms with Gasteiger partial charge in [-0.15, -0.1) is 13.2 Å². The Kier molecular flexibility index (Phi) is 4.92. The fraction of sp³-hybridized carbons (Fsp3) is 0.294. The van der Waals surface area contributed by atoms with E-state index in [2.05, 4.69) is 25.7 Å². The van der Waals surface area contributed by atoms with E-state index in [4.69, 9.17) is 0 Å². The van der Waals surface area contributed by atoms with Crippen molar-refractivity contribution in [2.45, 2.75) is 25.7 Å². The van der Waals surface area contributed by atoms with Crippen molar-refractivity contribution in [3.05, 3.63) is 57.6 Å². The minimum Gasteiger partial charge on any atom is -0.405 e. The molecule has 0 radical (unpaired) electrons. The van der Waals surface area contributed by atoms with Gasteiger partial charge >= 0.3 is 6.36 Å². The maximum atomic E-state index is 13.6. The molecule has 0 bridgehead atoms. The molecule has 138 valence electrons. The lowest BCUT2D eigenvalue weighted by atomic mass is 9.99. The summed E-state index contributed by atoms with van der Waals surface area (Å²) in [4.78, 5) is 18.3. The molecule has 0 fully saturated rings. The quantitative estimate of drug-likeness (QED) is 0.663. The van der Waals surface area contributed by atoms with Crippen molar-refractivity contribution < 1.29 is 27.1 Å². The van der Waals surface area contributed by atoms with Crippen molar-refractivity contribution in [1.82, 2.24) is 9.88 Å². The highest BCUT2D eigenvalue weighted by atomic mass is 79.9. The summed E-state index contributed by atoms with van der Waals surface area (Å²) < 4.78 is 56.2. The predicted molar refractivity (Wildman–Crippen MR) is 88.2 cm³/mol. The number of halogens is 5. The van der Waals surface area contributed by atoms with Crippen LogP contribution in [-0.4, -0.2) is 28.7 Å². The van der Waals surface area contributed by atoms with Crippen LogP contribution in [0, 0.1) is 5.82 Å². The van der Waals surface area contributed by atoms with E-state index in [-0.39, 0.29) is 18.0 Å². The number of benzene rings is 1. The SMILES string of the molecule is CC(c1cc(F)ccc1OC(F)(F)F)N1CCc2ncc(Br)cc2C1=O. The molecule has 26 heavy (non-hydrogen) atoms. The van der Waals surface area contributed by atoms with E-state index in [0.717, 1.165) is 18.2 Å². The van der Waals surface area contributed by atoms with Crippen LogP contribution in [0.4, 0.5) is 17.6 Å². The average Bonchev–Trinajstić information content (AvgIpc) is 2.55. The number of amides is 1. The first-order chi connectivity index (χ1) is 12.2. The van der Waals surface area contributed by atoms with Crippen molar-refractivity contribution in [3.8, 4) is 5.75 Å². The molecule has 0 spiro atoms. The van der Waals surface area contributed by atoms with Crippen LogP contribution in [-0.2, 0) is 6.42 Å². The van der Waals surface area contributed by atoms with Crippen LogP contribution < -0.4 is 4.74 Å². The van der Waals surface area contributed by atoms with Gasteiger partial charge in [-0.3, -0.25) is 9.78 Å². The molecule has 1 aromatic carbocycles. The lowest BCUT2D eigenvalue weighted by Crippen LogP contribution is -2.40. The monoisotopic (exact) mass is 432 g/mol. The first kappa shape index (κ1) is 18.6. The van der Waals surface area contributed by atoms with Gasteiger partial charge in [-0.05, 0) is 47.1 Å². The van der Waals surface area contributed by atoms with Gasteiger partial charge in [0.2, 0.25) is 0 Å². The van der Waals surface area contributed by atoms with Crippen molar-refractivity contribution in [1.29, 1.82) is 0 Å². The smallest absolute Gasteiger partial charge is 0.405 e. The van der Waals surface area contributed by atoms with Crippen molar-refractivity contribution in [2.75, 3.05) is 6.54 Å². The molecule has 9 heteroatoms. The van der Waals surface area contributed by atoms with Gasteiger partial charge in [0.25, 0.3) is 5.91 Å². The third-order valence-corrected chi connectivity index (χ3v) is 4.57. The molecule has 1 aliphatic heterocycles. The number of hydrogen-bond acceptors (Lipinski definition) is 3. The zero-order valence-electron chi connectivity index (χ0n) is 13.5. The first-order valence-corrected chi connectivity index (χ1v) is 8.45. The van der Waals surface area contributed by atoms with Crippen LogP contribution in [0.1, 0.15) is 34.6 Å². The molecular formula is C17H13BrF4N2O2. The zero-order chi connectivity index (χ0) is 19.1. The molecule has 0 saturated carbocycles. The number of nitrogens with zero attached hydrogens (tertiary/aromatic N) is 2. The molecule has 2 heterocycles. The van der Waals surface area contributed by atoms with Crippen LogP contribution >= 0.6 is 15.9 Å². The standard InChI is InChI=1S/C17H13BrF4N2O2/c1-9(12-7-11(19)2-3-15(12)26-17(20,21)22)24-5-4-14-13(16(24)25)6-10(18)8-23-14/h2-3,6-9H,4-5H2,1H3. The zero-order valence-corrected chi connectivity index (χ0v) is 15.1. The Labute approximate surface area is 154 Å². The molecule has 1 aliphatic rings. The van der Waals surface area contributed by atoms with E-state index in [9.17, 15) is 22.4 Å². The van der Waals surface area contributed by atoms with Gasteiger partial charge in [0.05, 0.1) is 17.3 Å². The minimum atomic E-state index is -4.92. The highest BCUT2D eigenvalue weighted by molar-refractivity contribution is 9.10. The molecule has 1 atom stereocenters. The second kappa shape index (κ2) is 6.86. The third kappa shape index (κ3) is 3.82. The number of rotatable bonds is 3. The normalized spacial score (nSPS) is 15.6. The van der Waals surface area contributed by atoms with Gasteiger partial charge in [-0.25, -0.2) is 4.39 Å². The Bertz CT molecular complexity index is 857. The topological polar surface area (TPSA) is 42.4 Å². The van der Waals surface area contributed by atoms with Gasteiger partial charge in [0.15, 0.2) is 0 Å². The summed E-state index contributed by atoms with van der Waals surface area (Å²) in [7, 11) is 0. The third-order valence-electron chi connectivity index (χ3n) is 4.13. The van der Waals surface area contributed by atoms with Crippen molar-refractivity contribution in [3.63, 3.8) is 0 Å². The minimum absolute atomic E-state index is 0.0536. The number of pyridine rings is 1. The van der Waals surface area contributed by atoms with Crippen molar-refractivity contribution >= 4 is 21.8 Å². The van der Waals surface area contributed by atoms with E-state index in [1.54, 1.807) is 12.3 Å². The number of carbonyl (C=O) groups is 1. The molecular weight excluding hydrogens is 420 g/mol. The number of ether oxygens (including phenoxy) is 1. The number of carbonyl (C=O) groups excluding carboxylic acids is 1. The molecule has 4 nitrogen and oxygen atoms in total. The van der Waals surface area contributed by atoms with E-state index < -0.39 is 24.0 Å². The molecule has 0 aliphatic carbocycles. The molecule has 2 aromatic rings. The lowest BCUT2D eigenvalue weighted by molar-refractivity contribution is -0.275. The summed E-state index contributed by atoms with van der Waals surface area (Å²) in [6.07, 6.45) is -2.89. The first-order valence-electron chi connectivity index (χ1n) is 7.66. The summed E-state index contributed by atoms with van der Waals surface area (Å²) >= 11 is 3.25. The van der Waals surface area contributed by atoms with Crippen LogP contribution in [0.3, 0.4) is 0 Å². The average molecular weight is 433 g/mol. The van der Waals surface area contributed by atoms with E-state index >= 15 is 0 Å². The van der Waals surface area contributed by atoms with E-state index in [1.165, 1.54) is 11.8 Å². The number of aromatic nitrogens is 1. The Hall–Kier alpha value is -2.16. The lowest BCUT2D eigenvalue weighted by Gasteiger charge is -2.34. The fourth-order valence-electron chi connectivity index (χ4n) is 2.94. The van der Waals surface area contributed by atoms with Crippen molar-refractivity contribution in [2.24, 2.45) is 0 Å². The fourth-order valence-corrected chi connectivity index (χ4v) is 3.27. The molecule has 1 unspecified atom stereocenters. The van der Waals surface area contributed by atoms with Gasteiger partial charge in [-0.2, -0.15) is 0 Å². The molecule has 0 N–H and O–H groups in total. The Morgan fingerprint density at radius 2 is 2.04 bits per heavy atom. The number of fused-ring (bicyclic) bond motifs is 1. The summed E-state index contributed by atoms with van der Waals surface area (Å²) in [5, 5.41) is 0. The van der Waals surface area contributed by atoms with Gasteiger partial charge in [0, 0.05) is 29.2 Å². The van der Waals surface area contributed by atoms with Gasteiger partial charge in [-0.1, -0.05) is 0 Å². The summed E-state index contributed by atoms with van der Waals surface area (Å²) in [5.41, 5.74) is 0.932. The molecule has 0 saturated heterocycles. The molecule has 1 aromatic heterocycles. The number of hydrogen-bond donors (Lipinski definition) is 0. The second-order valence-corrected chi connectivity index (χ2v) is 6.72. The van der Waals surface area contributed by atoms with Gasteiger partial charge < -0.3 is 9.64 Å².